The molecule has 2 aromatic rings. The van der Waals surface area contributed by atoms with E-state index in [1.807, 2.05) is 30.3 Å². The van der Waals surface area contributed by atoms with E-state index in [1.54, 1.807) is 18.7 Å². The van der Waals surface area contributed by atoms with Gasteiger partial charge in [0, 0.05) is 13.1 Å². The van der Waals surface area contributed by atoms with Crippen LogP contribution in [0.5, 0.6) is 0 Å². The second-order valence-corrected chi connectivity index (χ2v) is 6.24. The van der Waals surface area contributed by atoms with Crippen LogP contribution in [0.4, 0.5) is 0 Å². The fraction of sp³-hybridized carbons (Fsp3) is 0.389. The van der Waals surface area contributed by atoms with Gasteiger partial charge in [0.05, 0.1) is 11.1 Å². The molecule has 0 radical (unpaired) electrons. The van der Waals surface area contributed by atoms with E-state index in [0.717, 1.165) is 5.56 Å². The van der Waals surface area contributed by atoms with Gasteiger partial charge in [0.2, 0.25) is 0 Å². The molecule has 2 heterocycles. The highest BCUT2D eigenvalue weighted by Crippen LogP contribution is 2.36. The molecule has 0 aliphatic carbocycles. The van der Waals surface area contributed by atoms with Crippen molar-refractivity contribution in [3.63, 3.8) is 0 Å². The van der Waals surface area contributed by atoms with Crippen molar-refractivity contribution in [2.75, 3.05) is 13.1 Å². The van der Waals surface area contributed by atoms with Crippen molar-refractivity contribution < 1.29 is 19.2 Å². The Morgan fingerprint density at radius 1 is 1.17 bits per heavy atom. The van der Waals surface area contributed by atoms with Gasteiger partial charge in [-0.05, 0) is 32.3 Å². The van der Waals surface area contributed by atoms with Crippen molar-refractivity contribution in [2.45, 2.75) is 32.1 Å². The van der Waals surface area contributed by atoms with Gasteiger partial charge < -0.3 is 14.5 Å². The molecule has 6 heteroatoms. The summed E-state index contributed by atoms with van der Waals surface area (Å²) in [6, 6.07) is 9.26. The number of aryl methyl sites for hydroxylation is 2. The zero-order valence-electron chi connectivity index (χ0n) is 13.8. The van der Waals surface area contributed by atoms with E-state index in [2.05, 4.69) is 5.16 Å². The number of aliphatic carboxylic acids is 1. The number of carbonyl (C=O) groups is 2. The molecule has 1 aromatic heterocycles. The van der Waals surface area contributed by atoms with Gasteiger partial charge in [-0.1, -0.05) is 35.5 Å². The first-order chi connectivity index (χ1) is 11.5. The van der Waals surface area contributed by atoms with Gasteiger partial charge in [-0.3, -0.25) is 9.59 Å². The lowest BCUT2D eigenvalue weighted by atomic mass is 9.72. The van der Waals surface area contributed by atoms with Crippen molar-refractivity contribution in [1.29, 1.82) is 0 Å². The number of benzene rings is 1. The van der Waals surface area contributed by atoms with E-state index in [4.69, 9.17) is 4.52 Å². The zero-order chi connectivity index (χ0) is 17.3. The second kappa shape index (κ2) is 6.11. The second-order valence-electron chi connectivity index (χ2n) is 6.24. The van der Waals surface area contributed by atoms with E-state index >= 15 is 0 Å². The Morgan fingerprint density at radius 3 is 2.29 bits per heavy atom. The topological polar surface area (TPSA) is 83.6 Å². The summed E-state index contributed by atoms with van der Waals surface area (Å²) in [7, 11) is 0. The summed E-state index contributed by atoms with van der Waals surface area (Å²) in [5.74, 6) is -0.480. The monoisotopic (exact) mass is 328 g/mol. The van der Waals surface area contributed by atoms with E-state index in [1.165, 1.54) is 0 Å². The Hall–Kier alpha value is -2.63. The largest absolute Gasteiger partial charge is 0.481 e. The maximum Gasteiger partial charge on any atom is 0.314 e. The van der Waals surface area contributed by atoms with E-state index in [0.29, 0.717) is 42.9 Å². The lowest BCUT2D eigenvalue weighted by Gasteiger charge is -2.39. The molecule has 0 spiro atoms. The number of nitrogens with zero attached hydrogens (tertiary/aromatic N) is 2. The van der Waals surface area contributed by atoms with Crippen LogP contribution >= 0.6 is 0 Å². The molecule has 0 saturated carbocycles. The van der Waals surface area contributed by atoms with Crippen LogP contribution in [0.1, 0.15) is 40.2 Å². The summed E-state index contributed by atoms with van der Waals surface area (Å²) in [6.07, 6.45) is 0.781. The van der Waals surface area contributed by atoms with Crippen LogP contribution in [0, 0.1) is 13.8 Å². The third-order valence-corrected chi connectivity index (χ3v) is 4.89. The first-order valence-corrected chi connectivity index (χ1v) is 7.97. The minimum atomic E-state index is -0.934. The third-order valence-electron chi connectivity index (χ3n) is 4.89. The van der Waals surface area contributed by atoms with Gasteiger partial charge in [0.15, 0.2) is 0 Å². The van der Waals surface area contributed by atoms with Crippen LogP contribution in [-0.4, -0.2) is 40.1 Å². The fourth-order valence-electron chi connectivity index (χ4n) is 3.42. The van der Waals surface area contributed by atoms with E-state index in [9.17, 15) is 14.7 Å². The molecule has 126 valence electrons. The van der Waals surface area contributed by atoms with Crippen LogP contribution < -0.4 is 0 Å². The molecule has 0 bridgehead atoms. The predicted molar refractivity (Wildman–Crippen MR) is 86.9 cm³/mol. The first-order valence-electron chi connectivity index (χ1n) is 7.97. The van der Waals surface area contributed by atoms with Gasteiger partial charge in [0.1, 0.15) is 11.3 Å². The quantitative estimate of drug-likeness (QED) is 0.936. The standard InChI is InChI=1S/C18H20N2O4/c1-12-15(13(2)24-19-12)16(21)20-10-8-18(9-11-20,17(22)23)14-6-4-3-5-7-14/h3-7H,8-11H2,1-2H3,(H,22,23). The fourth-order valence-corrected chi connectivity index (χ4v) is 3.42. The smallest absolute Gasteiger partial charge is 0.314 e. The molecule has 1 N–H and O–H groups in total. The summed E-state index contributed by atoms with van der Waals surface area (Å²) in [4.78, 5) is 26.4. The molecular formula is C18H20N2O4. The zero-order valence-corrected chi connectivity index (χ0v) is 13.8. The molecule has 6 nitrogen and oxygen atoms in total. The average molecular weight is 328 g/mol. The Kier molecular flexibility index (Phi) is 4.13. The number of aromatic nitrogens is 1. The Morgan fingerprint density at radius 2 is 1.79 bits per heavy atom. The molecule has 3 rings (SSSR count). The number of hydrogen-bond donors (Lipinski definition) is 1. The van der Waals surface area contributed by atoms with Gasteiger partial charge in [0.25, 0.3) is 5.91 Å². The summed E-state index contributed by atoms with van der Waals surface area (Å²) in [5, 5.41) is 13.6. The molecule has 1 aliphatic rings. The minimum absolute atomic E-state index is 0.140. The molecule has 1 amide bonds. The van der Waals surface area contributed by atoms with Crippen molar-refractivity contribution in [1.82, 2.24) is 10.1 Å². The molecule has 1 aromatic carbocycles. The maximum absolute atomic E-state index is 12.7. The van der Waals surface area contributed by atoms with Crippen molar-refractivity contribution in [3.05, 3.63) is 52.9 Å². The van der Waals surface area contributed by atoms with Gasteiger partial charge in [-0.2, -0.15) is 0 Å². The Balaban J connectivity index is 1.82. The molecule has 1 aliphatic heterocycles. The van der Waals surface area contributed by atoms with Crippen LogP contribution in [0.2, 0.25) is 0 Å². The lowest BCUT2D eigenvalue weighted by molar-refractivity contribution is -0.145. The molecule has 1 saturated heterocycles. The molecular weight excluding hydrogens is 308 g/mol. The molecule has 0 unspecified atom stereocenters. The first kappa shape index (κ1) is 16.2. The number of hydrogen-bond acceptors (Lipinski definition) is 4. The normalized spacial score (nSPS) is 16.8. The van der Waals surface area contributed by atoms with E-state index < -0.39 is 11.4 Å². The third kappa shape index (κ3) is 2.58. The number of amides is 1. The van der Waals surface area contributed by atoms with Crippen LogP contribution in [0.15, 0.2) is 34.9 Å². The van der Waals surface area contributed by atoms with Crippen molar-refractivity contribution >= 4 is 11.9 Å². The average Bonchev–Trinajstić information content (AvgIpc) is 2.93. The molecule has 1 fully saturated rings. The van der Waals surface area contributed by atoms with E-state index in [-0.39, 0.29) is 5.91 Å². The highest BCUT2D eigenvalue weighted by Gasteiger charge is 2.44. The summed E-state index contributed by atoms with van der Waals surface area (Å²) < 4.78 is 5.06. The number of rotatable bonds is 3. The van der Waals surface area contributed by atoms with Gasteiger partial charge in [-0.25, -0.2) is 0 Å². The summed E-state index contributed by atoms with van der Waals surface area (Å²) >= 11 is 0. The molecule has 0 atom stereocenters. The maximum atomic E-state index is 12.7. The summed E-state index contributed by atoms with van der Waals surface area (Å²) in [5.41, 5.74) is 0.909. The highest BCUT2D eigenvalue weighted by molar-refractivity contribution is 5.96. The SMILES string of the molecule is Cc1noc(C)c1C(=O)N1CCC(C(=O)O)(c2ccccc2)CC1. The van der Waals surface area contributed by atoms with Gasteiger partial charge >= 0.3 is 5.97 Å². The summed E-state index contributed by atoms with van der Waals surface area (Å²) in [6.45, 7) is 4.23. The Bertz CT molecular complexity index is 739. The van der Waals surface area contributed by atoms with Crippen LogP contribution in [-0.2, 0) is 10.2 Å². The van der Waals surface area contributed by atoms with Crippen LogP contribution in [0.25, 0.3) is 0 Å². The molecule has 24 heavy (non-hydrogen) atoms. The number of piperidine rings is 1. The van der Waals surface area contributed by atoms with Gasteiger partial charge in [-0.15, -0.1) is 0 Å². The highest BCUT2D eigenvalue weighted by atomic mass is 16.5. The minimum Gasteiger partial charge on any atom is -0.481 e. The number of carboxylic acids is 1. The Labute approximate surface area is 140 Å². The number of carboxylic acid groups (broad SMARTS) is 1. The lowest BCUT2D eigenvalue weighted by Crippen LogP contribution is -2.49. The van der Waals surface area contributed by atoms with Crippen molar-refractivity contribution in [3.8, 4) is 0 Å². The number of carbonyl (C=O) groups excluding carboxylic acids is 1. The predicted octanol–water partition coefficient (Wildman–Crippen LogP) is 2.55. The number of likely N-dealkylation sites (tertiary alicyclic amines) is 1. The van der Waals surface area contributed by atoms with Crippen molar-refractivity contribution in [2.24, 2.45) is 0 Å². The van der Waals surface area contributed by atoms with Crippen LogP contribution in [0.3, 0.4) is 0 Å².